The van der Waals surface area contributed by atoms with E-state index in [9.17, 15) is 31.2 Å². The zero-order valence-corrected chi connectivity index (χ0v) is 20.3. The predicted octanol–water partition coefficient (Wildman–Crippen LogP) is 2.71. The Morgan fingerprint density at radius 1 is 1.14 bits per heavy atom. The van der Waals surface area contributed by atoms with E-state index in [0.717, 1.165) is 24.3 Å². The highest BCUT2D eigenvalue weighted by Crippen LogP contribution is 2.30. The van der Waals surface area contributed by atoms with Gasteiger partial charge >= 0.3 is 6.09 Å². The summed E-state index contributed by atoms with van der Waals surface area (Å²) in [5.41, 5.74) is 10.9. The van der Waals surface area contributed by atoms with Crippen molar-refractivity contribution in [2.45, 2.75) is 44.1 Å². The Labute approximate surface area is 205 Å². The molecule has 0 aliphatic heterocycles. The monoisotopic (exact) mass is 530 g/mol. The molecule has 2 aromatic carbocycles. The van der Waals surface area contributed by atoms with Crippen LogP contribution in [-0.2, 0) is 14.8 Å². The van der Waals surface area contributed by atoms with Gasteiger partial charge in [0, 0.05) is 12.0 Å². The molecule has 0 saturated carbocycles. The molecule has 2 amide bonds. The number of aryl methyl sites for hydroxylation is 1. The molecule has 0 aromatic heterocycles. The molecule has 0 heterocycles. The predicted molar refractivity (Wildman–Crippen MR) is 123 cm³/mol. The van der Waals surface area contributed by atoms with Crippen LogP contribution >= 0.6 is 0 Å². The zero-order valence-electron chi connectivity index (χ0n) is 19.5. The molecule has 10 nitrogen and oxygen atoms in total. The summed E-state index contributed by atoms with van der Waals surface area (Å²) in [5.74, 6) is -4.26. The molecule has 0 spiro atoms. The minimum atomic E-state index is -4.78. The van der Waals surface area contributed by atoms with Crippen molar-refractivity contribution < 1.29 is 40.7 Å². The number of halogens is 3. The van der Waals surface area contributed by atoms with Crippen LogP contribution in [0.3, 0.4) is 0 Å². The molecule has 6 N–H and O–H groups in total. The number of carbonyl (C=O) groups is 2. The van der Waals surface area contributed by atoms with Crippen LogP contribution in [0.4, 0.5) is 18.0 Å². The molecule has 2 rings (SSSR count). The average Bonchev–Trinajstić information content (AvgIpc) is 2.77. The molecule has 2 atom stereocenters. The van der Waals surface area contributed by atoms with E-state index < -0.39 is 69.2 Å². The second kappa shape index (κ2) is 11.4. The number of rotatable bonds is 10. The van der Waals surface area contributed by atoms with Gasteiger partial charge in [0.15, 0.2) is 0 Å². The van der Waals surface area contributed by atoms with E-state index in [4.69, 9.17) is 21.6 Å². The Morgan fingerprint density at radius 3 is 2.33 bits per heavy atom. The van der Waals surface area contributed by atoms with Gasteiger partial charge in [-0.2, -0.15) is 4.72 Å². The van der Waals surface area contributed by atoms with E-state index >= 15 is 0 Å². The van der Waals surface area contributed by atoms with Crippen LogP contribution in [0.2, 0.25) is 0 Å². The van der Waals surface area contributed by atoms with Crippen LogP contribution in [0.15, 0.2) is 35.2 Å². The van der Waals surface area contributed by atoms with Crippen LogP contribution in [0.5, 0.6) is 5.75 Å². The van der Waals surface area contributed by atoms with Gasteiger partial charge in [0.25, 0.3) is 6.43 Å². The van der Waals surface area contributed by atoms with E-state index in [1.807, 2.05) is 0 Å². The number of sulfonamides is 1. The standard InChI is InChI=1S/C22H25F3N4O6S/c1-10-4-7-15(23)18(11(10)2)12(3)19(21(27)35-22(28)31)29-36(32,33)16-8-13(34-9-17(24)25)5-6-14(16)20(26)30/h4-8,12,17,19,27,29H,9H2,1-3H3,(H2,26,30)(H2,28,31). The third kappa shape index (κ3) is 6.73. The Kier molecular flexibility index (Phi) is 9.05. The number of nitrogens with one attached hydrogen (secondary N) is 2. The summed E-state index contributed by atoms with van der Waals surface area (Å²) in [6.07, 6.45) is -4.28. The van der Waals surface area contributed by atoms with Crippen molar-refractivity contribution in [1.82, 2.24) is 4.72 Å². The summed E-state index contributed by atoms with van der Waals surface area (Å²) in [6, 6.07) is 3.81. The van der Waals surface area contributed by atoms with Crippen LogP contribution in [0.1, 0.15) is 39.9 Å². The van der Waals surface area contributed by atoms with Crippen molar-refractivity contribution >= 4 is 27.9 Å². The molecule has 2 aromatic rings. The SMILES string of the molecule is Cc1ccc(F)c(C(C)C(NS(=O)(=O)c2cc(OCC(F)F)ccc2C(N)=O)C(=N)OC(N)=O)c1C. The van der Waals surface area contributed by atoms with Gasteiger partial charge in [-0.3, -0.25) is 10.2 Å². The first-order valence-electron chi connectivity index (χ1n) is 10.3. The van der Waals surface area contributed by atoms with Crippen molar-refractivity contribution in [1.29, 1.82) is 5.41 Å². The third-order valence-electron chi connectivity index (χ3n) is 5.35. The second-order valence-corrected chi connectivity index (χ2v) is 9.48. The maximum atomic E-state index is 14.8. The first-order valence-corrected chi connectivity index (χ1v) is 11.8. The Balaban J connectivity index is 2.61. The number of ether oxygens (including phenoxy) is 2. The highest BCUT2D eigenvalue weighted by molar-refractivity contribution is 7.89. The molecule has 196 valence electrons. The lowest BCUT2D eigenvalue weighted by atomic mass is 9.88. The molecule has 0 bridgehead atoms. The van der Waals surface area contributed by atoms with Crippen LogP contribution < -0.4 is 20.9 Å². The Bertz CT molecular complexity index is 1290. The topological polar surface area (TPSA) is 175 Å². The fourth-order valence-electron chi connectivity index (χ4n) is 3.49. The highest BCUT2D eigenvalue weighted by atomic mass is 32.2. The lowest BCUT2D eigenvalue weighted by Crippen LogP contribution is -2.46. The first-order chi connectivity index (χ1) is 16.7. The van der Waals surface area contributed by atoms with Gasteiger partial charge in [-0.05, 0) is 48.7 Å². The van der Waals surface area contributed by atoms with Gasteiger partial charge in [0.1, 0.15) is 24.2 Å². The number of carbonyl (C=O) groups excluding carboxylic acids is 2. The summed E-state index contributed by atoms with van der Waals surface area (Å²) >= 11 is 0. The van der Waals surface area contributed by atoms with Gasteiger partial charge in [-0.1, -0.05) is 13.0 Å². The normalized spacial score (nSPS) is 13.2. The van der Waals surface area contributed by atoms with Crippen LogP contribution in [-0.4, -0.2) is 45.4 Å². The number of amides is 2. The molecule has 0 aliphatic carbocycles. The number of alkyl halides is 2. The molecule has 0 radical (unpaired) electrons. The summed E-state index contributed by atoms with van der Waals surface area (Å²) in [6.45, 7) is 3.61. The lowest BCUT2D eigenvalue weighted by molar-refractivity contribution is 0.0817. The van der Waals surface area contributed by atoms with Gasteiger partial charge < -0.3 is 20.9 Å². The fourth-order valence-corrected chi connectivity index (χ4v) is 4.99. The zero-order chi connectivity index (χ0) is 27.4. The molecule has 14 heteroatoms. The van der Waals surface area contributed by atoms with Gasteiger partial charge in [0.05, 0.1) is 10.5 Å². The molecule has 0 aliphatic rings. The molecule has 0 saturated heterocycles. The van der Waals surface area contributed by atoms with Crippen molar-refractivity contribution in [3.63, 3.8) is 0 Å². The Hall–Kier alpha value is -3.65. The van der Waals surface area contributed by atoms with E-state index in [1.54, 1.807) is 13.8 Å². The third-order valence-corrected chi connectivity index (χ3v) is 6.83. The summed E-state index contributed by atoms with van der Waals surface area (Å²) in [7, 11) is -4.78. The van der Waals surface area contributed by atoms with Gasteiger partial charge in [-0.15, -0.1) is 0 Å². The van der Waals surface area contributed by atoms with E-state index in [1.165, 1.54) is 13.0 Å². The van der Waals surface area contributed by atoms with Crippen molar-refractivity contribution in [3.05, 3.63) is 58.4 Å². The lowest BCUT2D eigenvalue weighted by Gasteiger charge is -2.27. The number of hydrogen-bond donors (Lipinski definition) is 4. The summed E-state index contributed by atoms with van der Waals surface area (Å²) in [5, 5.41) is 8.11. The number of primary amides is 2. The maximum absolute atomic E-state index is 14.8. The highest BCUT2D eigenvalue weighted by Gasteiger charge is 2.35. The summed E-state index contributed by atoms with van der Waals surface area (Å²) in [4.78, 5) is 22.4. The van der Waals surface area contributed by atoms with Gasteiger partial charge in [-0.25, -0.2) is 26.4 Å². The molecule has 2 unspecified atom stereocenters. The first kappa shape index (κ1) is 28.6. The molecular weight excluding hydrogens is 505 g/mol. The van der Waals surface area contributed by atoms with Crippen molar-refractivity contribution in [3.8, 4) is 5.75 Å². The summed E-state index contributed by atoms with van der Waals surface area (Å²) < 4.78 is 78.1. The Morgan fingerprint density at radius 2 is 1.78 bits per heavy atom. The van der Waals surface area contributed by atoms with E-state index in [0.29, 0.717) is 11.1 Å². The van der Waals surface area contributed by atoms with Crippen LogP contribution in [0.25, 0.3) is 0 Å². The van der Waals surface area contributed by atoms with E-state index in [2.05, 4.69) is 9.46 Å². The number of benzene rings is 2. The largest absolute Gasteiger partial charge is 0.488 e. The minimum absolute atomic E-state index is 0.0321. The number of nitrogens with two attached hydrogens (primary N) is 2. The smallest absolute Gasteiger partial charge is 0.411 e. The molecule has 36 heavy (non-hydrogen) atoms. The minimum Gasteiger partial charge on any atom is -0.488 e. The quantitative estimate of drug-likeness (QED) is 0.271. The van der Waals surface area contributed by atoms with Crippen LogP contribution in [0, 0.1) is 25.1 Å². The van der Waals surface area contributed by atoms with Crippen molar-refractivity contribution in [2.75, 3.05) is 6.61 Å². The average molecular weight is 531 g/mol. The number of hydrogen-bond acceptors (Lipinski definition) is 7. The molecule has 0 fully saturated rings. The maximum Gasteiger partial charge on any atom is 0.411 e. The second-order valence-electron chi connectivity index (χ2n) is 7.80. The van der Waals surface area contributed by atoms with E-state index in [-0.39, 0.29) is 11.3 Å². The fraction of sp³-hybridized carbons (Fsp3) is 0.318. The van der Waals surface area contributed by atoms with Crippen molar-refractivity contribution in [2.24, 2.45) is 11.5 Å². The molecular formula is C22H25F3N4O6S. The van der Waals surface area contributed by atoms with Gasteiger partial charge in [0.2, 0.25) is 21.8 Å².